The fourth-order valence-electron chi connectivity index (χ4n) is 2.28. The first kappa shape index (κ1) is 13.3. The average molecular weight is 223 g/mol. The van der Waals surface area contributed by atoms with Crippen LogP contribution in [-0.2, 0) is 4.79 Å². The Morgan fingerprint density at radius 2 is 2.00 bits per heavy atom. The summed E-state index contributed by atoms with van der Waals surface area (Å²) in [4.78, 5) is 12.0. The molecule has 3 unspecified atom stereocenters. The smallest absolute Gasteiger partial charge is 0.224 e. The van der Waals surface area contributed by atoms with Gasteiger partial charge in [-0.3, -0.25) is 4.79 Å². The van der Waals surface area contributed by atoms with Gasteiger partial charge in [-0.1, -0.05) is 32.4 Å². The summed E-state index contributed by atoms with van der Waals surface area (Å²) in [5.74, 6) is 0.805. The number of amides is 1. The van der Waals surface area contributed by atoms with Gasteiger partial charge in [0, 0.05) is 6.04 Å². The predicted octanol–water partition coefficient (Wildman–Crippen LogP) is 3.14. The molecule has 0 heterocycles. The summed E-state index contributed by atoms with van der Waals surface area (Å²) >= 11 is 0. The molecule has 1 amide bonds. The highest BCUT2D eigenvalue weighted by Gasteiger charge is 2.60. The molecule has 0 saturated heterocycles. The van der Waals surface area contributed by atoms with Crippen LogP contribution in [0.1, 0.15) is 48.0 Å². The summed E-state index contributed by atoms with van der Waals surface area (Å²) < 4.78 is 0. The fraction of sp³-hybridized carbons (Fsp3) is 0.786. The lowest BCUT2D eigenvalue weighted by Gasteiger charge is -2.11. The SMILES string of the molecule is CCC(C)NC(=O)C1C(C=C(C)C)C1(C)C. The van der Waals surface area contributed by atoms with Crippen molar-refractivity contribution in [3.05, 3.63) is 11.6 Å². The van der Waals surface area contributed by atoms with E-state index in [1.165, 1.54) is 5.57 Å². The van der Waals surface area contributed by atoms with Gasteiger partial charge in [0.05, 0.1) is 5.92 Å². The lowest BCUT2D eigenvalue weighted by atomic mass is 10.1. The third-order valence-electron chi connectivity index (χ3n) is 3.71. The van der Waals surface area contributed by atoms with E-state index >= 15 is 0 Å². The lowest BCUT2D eigenvalue weighted by molar-refractivity contribution is -0.123. The minimum Gasteiger partial charge on any atom is -0.353 e. The van der Waals surface area contributed by atoms with Crippen molar-refractivity contribution in [2.75, 3.05) is 0 Å². The highest BCUT2D eigenvalue weighted by atomic mass is 16.2. The minimum atomic E-state index is 0.134. The van der Waals surface area contributed by atoms with Gasteiger partial charge >= 0.3 is 0 Å². The lowest BCUT2D eigenvalue weighted by Crippen LogP contribution is -2.34. The molecular formula is C14H25NO. The molecule has 1 saturated carbocycles. The Labute approximate surface area is 99.5 Å². The van der Waals surface area contributed by atoms with Gasteiger partial charge in [0.25, 0.3) is 0 Å². The quantitative estimate of drug-likeness (QED) is 0.729. The van der Waals surface area contributed by atoms with Crippen molar-refractivity contribution in [2.45, 2.75) is 54.0 Å². The molecule has 1 rings (SSSR count). The molecule has 0 aromatic heterocycles. The fourth-order valence-corrected chi connectivity index (χ4v) is 2.28. The van der Waals surface area contributed by atoms with Crippen LogP contribution in [0.5, 0.6) is 0 Å². The molecule has 1 aliphatic carbocycles. The summed E-state index contributed by atoms with van der Waals surface area (Å²) in [6.07, 6.45) is 3.23. The number of hydrogen-bond donors (Lipinski definition) is 1. The van der Waals surface area contributed by atoms with Gasteiger partial charge < -0.3 is 5.32 Å². The summed E-state index contributed by atoms with van der Waals surface area (Å²) in [6, 6.07) is 0.288. The Hall–Kier alpha value is -0.790. The van der Waals surface area contributed by atoms with Crippen LogP contribution in [0.4, 0.5) is 0 Å². The first-order valence-corrected chi connectivity index (χ1v) is 6.26. The molecule has 0 spiro atoms. The molecule has 16 heavy (non-hydrogen) atoms. The van der Waals surface area contributed by atoms with Crippen LogP contribution >= 0.6 is 0 Å². The normalized spacial score (nSPS) is 28.1. The monoisotopic (exact) mass is 223 g/mol. The summed E-state index contributed by atoms with van der Waals surface area (Å²) in [5.41, 5.74) is 1.44. The Morgan fingerprint density at radius 1 is 1.44 bits per heavy atom. The molecule has 2 nitrogen and oxygen atoms in total. The van der Waals surface area contributed by atoms with Crippen molar-refractivity contribution in [2.24, 2.45) is 17.3 Å². The number of carbonyl (C=O) groups is 1. The van der Waals surface area contributed by atoms with Gasteiger partial charge in [-0.15, -0.1) is 0 Å². The van der Waals surface area contributed by atoms with Crippen molar-refractivity contribution in [3.63, 3.8) is 0 Å². The number of rotatable bonds is 4. The third kappa shape index (κ3) is 2.66. The summed E-state index contributed by atoms with van der Waals surface area (Å²) in [7, 11) is 0. The van der Waals surface area contributed by atoms with Crippen LogP contribution in [0, 0.1) is 17.3 Å². The van der Waals surface area contributed by atoms with E-state index in [1.54, 1.807) is 0 Å². The number of hydrogen-bond acceptors (Lipinski definition) is 1. The average Bonchev–Trinajstić information content (AvgIpc) is 2.66. The predicted molar refractivity (Wildman–Crippen MR) is 68.1 cm³/mol. The second-order valence-electron chi connectivity index (χ2n) is 5.89. The van der Waals surface area contributed by atoms with Crippen LogP contribution in [0.25, 0.3) is 0 Å². The summed E-state index contributed by atoms with van der Waals surface area (Å²) in [5, 5.41) is 3.08. The van der Waals surface area contributed by atoms with Gasteiger partial charge in [0.1, 0.15) is 0 Å². The summed E-state index contributed by atoms with van der Waals surface area (Å²) in [6.45, 7) is 12.7. The molecule has 1 aliphatic rings. The van der Waals surface area contributed by atoms with Crippen molar-refractivity contribution in [1.82, 2.24) is 5.32 Å². The van der Waals surface area contributed by atoms with Crippen molar-refractivity contribution in [3.8, 4) is 0 Å². The van der Waals surface area contributed by atoms with Crippen LogP contribution in [-0.4, -0.2) is 11.9 Å². The molecular weight excluding hydrogens is 198 g/mol. The third-order valence-corrected chi connectivity index (χ3v) is 3.71. The zero-order chi connectivity index (χ0) is 12.5. The molecule has 0 aromatic rings. The minimum absolute atomic E-state index is 0.134. The molecule has 0 radical (unpaired) electrons. The van der Waals surface area contributed by atoms with E-state index in [9.17, 15) is 4.79 Å². The molecule has 0 aliphatic heterocycles. The molecule has 3 atom stereocenters. The van der Waals surface area contributed by atoms with Crippen molar-refractivity contribution < 1.29 is 4.79 Å². The van der Waals surface area contributed by atoms with E-state index in [-0.39, 0.29) is 23.3 Å². The van der Waals surface area contributed by atoms with Crippen LogP contribution in [0.3, 0.4) is 0 Å². The van der Waals surface area contributed by atoms with E-state index in [4.69, 9.17) is 0 Å². The van der Waals surface area contributed by atoms with Crippen LogP contribution in [0.15, 0.2) is 11.6 Å². The van der Waals surface area contributed by atoms with E-state index in [0.29, 0.717) is 5.92 Å². The Kier molecular flexibility index (Phi) is 3.82. The van der Waals surface area contributed by atoms with E-state index in [1.807, 2.05) is 0 Å². The van der Waals surface area contributed by atoms with Crippen molar-refractivity contribution in [1.29, 1.82) is 0 Å². The maximum atomic E-state index is 12.0. The highest BCUT2D eigenvalue weighted by Crippen LogP contribution is 2.59. The topological polar surface area (TPSA) is 29.1 Å². The van der Waals surface area contributed by atoms with E-state index in [2.05, 4.69) is 52.9 Å². The highest BCUT2D eigenvalue weighted by molar-refractivity contribution is 5.83. The molecule has 2 heteroatoms. The van der Waals surface area contributed by atoms with Gasteiger partial charge in [-0.05, 0) is 38.5 Å². The second kappa shape index (κ2) is 4.60. The van der Waals surface area contributed by atoms with E-state index < -0.39 is 0 Å². The number of allylic oxidation sites excluding steroid dienone is 2. The van der Waals surface area contributed by atoms with E-state index in [0.717, 1.165) is 6.42 Å². The Morgan fingerprint density at radius 3 is 2.44 bits per heavy atom. The van der Waals surface area contributed by atoms with Gasteiger partial charge in [0.15, 0.2) is 0 Å². The standard InChI is InChI=1S/C14H25NO/c1-7-10(4)15-13(16)12-11(8-9(2)3)14(12,5)6/h8,10-12H,7H2,1-6H3,(H,15,16). The van der Waals surface area contributed by atoms with Crippen LogP contribution < -0.4 is 5.32 Å². The molecule has 92 valence electrons. The number of carbonyl (C=O) groups excluding carboxylic acids is 1. The molecule has 0 bridgehead atoms. The zero-order valence-electron chi connectivity index (χ0n) is 11.4. The van der Waals surface area contributed by atoms with Gasteiger partial charge in [-0.2, -0.15) is 0 Å². The van der Waals surface area contributed by atoms with Gasteiger partial charge in [0.2, 0.25) is 5.91 Å². The maximum Gasteiger partial charge on any atom is 0.224 e. The van der Waals surface area contributed by atoms with Gasteiger partial charge in [-0.25, -0.2) is 0 Å². The molecule has 1 fully saturated rings. The second-order valence-corrected chi connectivity index (χ2v) is 5.89. The molecule has 1 N–H and O–H groups in total. The zero-order valence-corrected chi connectivity index (χ0v) is 11.4. The first-order chi connectivity index (χ1) is 7.30. The van der Waals surface area contributed by atoms with Crippen LogP contribution in [0.2, 0.25) is 0 Å². The Bertz CT molecular complexity index is 300. The van der Waals surface area contributed by atoms with Crippen molar-refractivity contribution >= 4 is 5.91 Å². The Balaban J connectivity index is 2.63. The first-order valence-electron chi connectivity index (χ1n) is 6.26. The largest absolute Gasteiger partial charge is 0.353 e. The molecule has 0 aromatic carbocycles. The number of nitrogens with one attached hydrogen (secondary N) is 1. The maximum absolute atomic E-state index is 12.0.